The van der Waals surface area contributed by atoms with Gasteiger partial charge in [-0.15, -0.1) is 0 Å². The van der Waals surface area contributed by atoms with Gasteiger partial charge in [-0.2, -0.15) is 0 Å². The summed E-state index contributed by atoms with van der Waals surface area (Å²) in [6.45, 7) is 1.82. The minimum Gasteiger partial charge on any atom is -0.366 e. The van der Waals surface area contributed by atoms with Crippen molar-refractivity contribution in [1.82, 2.24) is 19.7 Å². The van der Waals surface area contributed by atoms with Crippen molar-refractivity contribution in [2.75, 3.05) is 0 Å². The van der Waals surface area contributed by atoms with Crippen LogP contribution in [0.1, 0.15) is 25.2 Å². The van der Waals surface area contributed by atoms with Crippen LogP contribution in [-0.4, -0.2) is 23.4 Å². The lowest BCUT2D eigenvalue weighted by molar-refractivity contribution is 0.538. The van der Waals surface area contributed by atoms with Gasteiger partial charge in [-0.1, -0.05) is 6.92 Å². The third kappa shape index (κ3) is 2.91. The maximum atomic E-state index is 12.1. The molecule has 8 heteroatoms. The lowest BCUT2D eigenvalue weighted by Crippen LogP contribution is -2.32. The van der Waals surface area contributed by atoms with Gasteiger partial charge in [-0.05, 0) is 6.42 Å². The number of hydrogen-bond donors (Lipinski definition) is 3. The minimum absolute atomic E-state index is 0.306. The third-order valence-electron chi connectivity index (χ3n) is 2.63. The van der Waals surface area contributed by atoms with Crippen LogP contribution in [0.3, 0.4) is 0 Å². The van der Waals surface area contributed by atoms with Crippen molar-refractivity contribution in [3.05, 3.63) is 46.9 Å². The van der Waals surface area contributed by atoms with Gasteiger partial charge in [0.15, 0.2) is 0 Å². The molecule has 0 aliphatic heterocycles. The van der Waals surface area contributed by atoms with E-state index in [4.69, 9.17) is 0 Å². The Morgan fingerprint density at radius 1 is 1.42 bits per heavy atom. The van der Waals surface area contributed by atoms with Crippen LogP contribution in [0, 0.1) is 0 Å². The van der Waals surface area contributed by atoms with Crippen molar-refractivity contribution in [2.24, 2.45) is 0 Å². The molecule has 0 saturated carbocycles. The van der Waals surface area contributed by atoms with Crippen molar-refractivity contribution in [1.29, 1.82) is 0 Å². The summed E-state index contributed by atoms with van der Waals surface area (Å²) in [4.78, 5) is 20.7. The molecular weight excluding hydrogens is 268 g/mol. The number of nitrogens with zero attached hydrogens (tertiary/aromatic N) is 1. The van der Waals surface area contributed by atoms with Gasteiger partial charge in [0, 0.05) is 30.9 Å². The molecule has 0 fully saturated rings. The number of aromatic nitrogens is 3. The van der Waals surface area contributed by atoms with E-state index >= 15 is 0 Å². The zero-order chi connectivity index (χ0) is 13.9. The van der Waals surface area contributed by atoms with Crippen LogP contribution in [0.25, 0.3) is 0 Å². The molecule has 0 spiro atoms. The van der Waals surface area contributed by atoms with Crippen molar-refractivity contribution in [3.8, 4) is 0 Å². The first-order chi connectivity index (χ1) is 9.04. The predicted octanol–water partition coefficient (Wildman–Crippen LogP) is 0.528. The first-order valence-corrected chi connectivity index (χ1v) is 7.21. The molecule has 0 radical (unpaired) electrons. The largest absolute Gasteiger partial charge is 0.366 e. The van der Waals surface area contributed by atoms with Crippen LogP contribution in [0.4, 0.5) is 0 Å². The summed E-state index contributed by atoms with van der Waals surface area (Å²) < 4.78 is 26.8. The Morgan fingerprint density at radius 3 is 2.79 bits per heavy atom. The first-order valence-electron chi connectivity index (χ1n) is 5.73. The Labute approximate surface area is 110 Å². The second-order valence-corrected chi connectivity index (χ2v) is 5.61. The van der Waals surface area contributed by atoms with Crippen molar-refractivity contribution in [3.63, 3.8) is 0 Å². The number of pyridine rings is 1. The van der Waals surface area contributed by atoms with Gasteiger partial charge in [0.2, 0.25) is 15.5 Å². The van der Waals surface area contributed by atoms with Gasteiger partial charge >= 0.3 is 0 Å². The Bertz CT molecular complexity index is 691. The topological polar surface area (TPSA) is 108 Å². The second-order valence-electron chi connectivity index (χ2n) is 3.93. The lowest BCUT2D eigenvalue weighted by Gasteiger charge is -2.14. The molecule has 19 heavy (non-hydrogen) atoms. The highest BCUT2D eigenvalue weighted by molar-refractivity contribution is 7.89. The maximum absolute atomic E-state index is 12.1. The summed E-state index contributed by atoms with van der Waals surface area (Å²) in [5.41, 5.74) is -0.555. The van der Waals surface area contributed by atoms with Crippen LogP contribution < -0.4 is 10.2 Å². The number of aromatic amines is 2. The van der Waals surface area contributed by atoms with Gasteiger partial charge in [0.1, 0.15) is 10.7 Å². The van der Waals surface area contributed by atoms with Crippen LogP contribution in [0.5, 0.6) is 0 Å². The molecule has 3 N–H and O–H groups in total. The number of rotatable bonds is 5. The van der Waals surface area contributed by atoms with E-state index in [-0.39, 0.29) is 4.90 Å². The van der Waals surface area contributed by atoms with Crippen LogP contribution in [-0.2, 0) is 10.0 Å². The molecule has 2 aromatic rings. The maximum Gasteiger partial charge on any atom is 0.246 e. The van der Waals surface area contributed by atoms with Crippen molar-refractivity contribution in [2.45, 2.75) is 24.3 Å². The standard InChI is InChI=1S/C11H14N4O3S/c1-2-8(11-13-5-6-14-11)15-19(17,18)10-7-12-4-3-9(10)16/h3-8,15H,2H2,1H3,(H,12,16)(H,13,14). The van der Waals surface area contributed by atoms with Crippen LogP contribution in [0.2, 0.25) is 0 Å². The molecule has 2 rings (SSSR count). The van der Waals surface area contributed by atoms with Crippen molar-refractivity contribution < 1.29 is 8.42 Å². The van der Waals surface area contributed by atoms with E-state index in [0.29, 0.717) is 12.2 Å². The summed E-state index contributed by atoms with van der Waals surface area (Å²) in [5, 5.41) is 0. The lowest BCUT2D eigenvalue weighted by atomic mass is 10.2. The van der Waals surface area contributed by atoms with Crippen LogP contribution in [0.15, 0.2) is 40.5 Å². The monoisotopic (exact) mass is 282 g/mol. The molecule has 0 bridgehead atoms. The smallest absolute Gasteiger partial charge is 0.246 e. The highest BCUT2D eigenvalue weighted by Crippen LogP contribution is 2.14. The molecule has 2 heterocycles. The van der Waals surface area contributed by atoms with Gasteiger partial charge in [-0.25, -0.2) is 18.1 Å². The summed E-state index contributed by atoms with van der Waals surface area (Å²) in [5.74, 6) is 0.512. The molecule has 102 valence electrons. The Kier molecular flexibility index (Phi) is 3.82. The number of imidazole rings is 1. The van der Waals surface area contributed by atoms with Gasteiger partial charge in [0.05, 0.1) is 6.04 Å². The Balaban J connectivity index is 2.32. The van der Waals surface area contributed by atoms with E-state index < -0.39 is 21.5 Å². The highest BCUT2D eigenvalue weighted by Gasteiger charge is 2.23. The molecule has 7 nitrogen and oxygen atoms in total. The fourth-order valence-electron chi connectivity index (χ4n) is 1.66. The predicted molar refractivity (Wildman–Crippen MR) is 69.0 cm³/mol. The van der Waals surface area contributed by atoms with E-state index in [2.05, 4.69) is 19.7 Å². The van der Waals surface area contributed by atoms with E-state index in [1.165, 1.54) is 18.5 Å². The number of H-pyrrole nitrogens is 2. The first kappa shape index (κ1) is 13.5. The van der Waals surface area contributed by atoms with Gasteiger partial charge < -0.3 is 9.97 Å². The Hall–Kier alpha value is -1.93. The zero-order valence-corrected chi connectivity index (χ0v) is 11.1. The van der Waals surface area contributed by atoms with E-state index in [0.717, 1.165) is 0 Å². The summed E-state index contributed by atoms with van der Waals surface area (Å²) in [7, 11) is -3.88. The van der Waals surface area contributed by atoms with E-state index in [9.17, 15) is 13.2 Å². The Morgan fingerprint density at radius 2 is 2.21 bits per heavy atom. The summed E-state index contributed by atoms with van der Waals surface area (Å²) in [6.07, 6.45) is 6.21. The van der Waals surface area contributed by atoms with E-state index in [1.807, 2.05) is 6.92 Å². The highest BCUT2D eigenvalue weighted by atomic mass is 32.2. The molecule has 0 aliphatic carbocycles. The molecule has 0 aromatic carbocycles. The van der Waals surface area contributed by atoms with Crippen molar-refractivity contribution >= 4 is 10.0 Å². The number of sulfonamides is 1. The summed E-state index contributed by atoms with van der Waals surface area (Å²) >= 11 is 0. The fraction of sp³-hybridized carbons (Fsp3) is 0.273. The van der Waals surface area contributed by atoms with Gasteiger partial charge in [-0.3, -0.25) is 4.79 Å². The quantitative estimate of drug-likeness (QED) is 0.743. The minimum atomic E-state index is -3.88. The van der Waals surface area contributed by atoms with E-state index in [1.54, 1.807) is 12.4 Å². The van der Waals surface area contributed by atoms with Gasteiger partial charge in [0.25, 0.3) is 0 Å². The molecule has 0 saturated heterocycles. The second kappa shape index (κ2) is 5.37. The molecular formula is C11H14N4O3S. The normalized spacial score (nSPS) is 13.3. The SMILES string of the molecule is CCC(NS(=O)(=O)c1c[nH]ccc1=O)c1ncc[nH]1. The number of hydrogen-bond acceptors (Lipinski definition) is 4. The molecule has 0 amide bonds. The summed E-state index contributed by atoms with van der Waals surface area (Å²) in [6, 6.07) is 0.669. The van der Waals surface area contributed by atoms with Crippen LogP contribution >= 0.6 is 0 Å². The third-order valence-corrected chi connectivity index (χ3v) is 4.13. The average molecular weight is 282 g/mol. The number of nitrogens with one attached hydrogen (secondary N) is 3. The average Bonchev–Trinajstić information content (AvgIpc) is 2.90. The molecule has 0 aliphatic rings. The fourth-order valence-corrected chi connectivity index (χ4v) is 3.00. The zero-order valence-electron chi connectivity index (χ0n) is 10.3. The molecule has 1 atom stereocenters. The molecule has 2 aromatic heterocycles. The molecule has 1 unspecified atom stereocenters.